The Morgan fingerprint density at radius 3 is 2.24 bits per heavy atom. The molecule has 0 fully saturated rings. The summed E-state index contributed by atoms with van der Waals surface area (Å²) in [5, 5.41) is 18.4. The van der Waals surface area contributed by atoms with Crippen LogP contribution in [-0.4, -0.2) is 40.5 Å². The van der Waals surface area contributed by atoms with Crippen molar-refractivity contribution in [3.63, 3.8) is 0 Å². The van der Waals surface area contributed by atoms with Gasteiger partial charge in [-0.2, -0.15) is 0 Å². The van der Waals surface area contributed by atoms with Gasteiger partial charge in [0.05, 0.1) is 6.54 Å². The number of halogens is 1. The zero-order chi connectivity index (χ0) is 12.1. The Balaban J connectivity index is 0.00000256. The van der Waals surface area contributed by atoms with E-state index < -0.39 is 0 Å². The fourth-order valence-electron chi connectivity index (χ4n) is 1.44. The maximum Gasteiger partial charge on any atom is 0.176 e. The van der Waals surface area contributed by atoms with Crippen molar-refractivity contribution in [2.45, 2.75) is 13.8 Å². The van der Waals surface area contributed by atoms with Crippen LogP contribution in [0.3, 0.4) is 0 Å². The van der Waals surface area contributed by atoms with E-state index in [9.17, 15) is 9.90 Å². The second-order valence-corrected chi connectivity index (χ2v) is 3.59. The van der Waals surface area contributed by atoms with E-state index in [-0.39, 0.29) is 29.7 Å². The molecule has 2 N–H and O–H groups in total. The summed E-state index contributed by atoms with van der Waals surface area (Å²) in [6, 6.07) is 4.13. The molecular weight excluding hydrogens is 242 g/mol. The second-order valence-electron chi connectivity index (χ2n) is 3.59. The first-order valence-electron chi connectivity index (χ1n) is 5.36. The van der Waals surface area contributed by atoms with Crippen LogP contribution in [0.1, 0.15) is 24.2 Å². The fraction of sp³-hybridized carbons (Fsp3) is 0.417. The molecule has 0 atom stereocenters. The Hall–Kier alpha value is -1.26. The van der Waals surface area contributed by atoms with Gasteiger partial charge >= 0.3 is 0 Å². The molecule has 0 aromatic heterocycles. The summed E-state index contributed by atoms with van der Waals surface area (Å²) in [6.45, 7) is 5.94. The van der Waals surface area contributed by atoms with E-state index in [0.29, 0.717) is 12.1 Å². The van der Waals surface area contributed by atoms with Gasteiger partial charge in [0.2, 0.25) is 0 Å². The lowest BCUT2D eigenvalue weighted by Crippen LogP contribution is -2.29. The number of carbonyl (C=O) groups is 1. The SMILES string of the molecule is CCN(CC)CC(=O)c1ccc(O)c(O)c1.Cl. The molecule has 1 aromatic rings. The highest BCUT2D eigenvalue weighted by Crippen LogP contribution is 2.25. The van der Waals surface area contributed by atoms with Gasteiger partial charge in [-0.15, -0.1) is 12.4 Å². The highest BCUT2D eigenvalue weighted by atomic mass is 35.5. The maximum atomic E-state index is 11.8. The van der Waals surface area contributed by atoms with E-state index in [1.165, 1.54) is 18.2 Å². The molecule has 17 heavy (non-hydrogen) atoms. The van der Waals surface area contributed by atoms with E-state index in [1.807, 2.05) is 18.7 Å². The number of phenols is 2. The molecule has 0 aliphatic heterocycles. The van der Waals surface area contributed by atoms with Gasteiger partial charge in [0.25, 0.3) is 0 Å². The van der Waals surface area contributed by atoms with Gasteiger partial charge in [-0.25, -0.2) is 0 Å². The third-order valence-corrected chi connectivity index (χ3v) is 2.56. The van der Waals surface area contributed by atoms with Crippen molar-refractivity contribution >= 4 is 18.2 Å². The second kappa shape index (κ2) is 7.14. The van der Waals surface area contributed by atoms with E-state index >= 15 is 0 Å². The highest BCUT2D eigenvalue weighted by Gasteiger charge is 2.11. The predicted molar refractivity (Wildman–Crippen MR) is 69.1 cm³/mol. The molecule has 0 amide bonds. The first-order valence-corrected chi connectivity index (χ1v) is 5.36. The normalized spacial score (nSPS) is 10.1. The molecule has 4 nitrogen and oxygen atoms in total. The van der Waals surface area contributed by atoms with Crippen molar-refractivity contribution in [2.75, 3.05) is 19.6 Å². The molecule has 5 heteroatoms. The lowest BCUT2D eigenvalue weighted by Gasteiger charge is -2.16. The van der Waals surface area contributed by atoms with Gasteiger partial charge in [-0.05, 0) is 31.3 Å². The van der Waals surface area contributed by atoms with Gasteiger partial charge in [0.1, 0.15) is 0 Å². The number of aromatic hydroxyl groups is 2. The number of Topliss-reactive ketones (excluding diaryl/α,β-unsaturated/α-hetero) is 1. The molecule has 0 heterocycles. The maximum absolute atomic E-state index is 11.8. The molecule has 0 spiro atoms. The van der Waals surface area contributed by atoms with Crippen molar-refractivity contribution in [1.82, 2.24) is 4.90 Å². The monoisotopic (exact) mass is 259 g/mol. The molecular formula is C12H18ClNO3. The molecule has 0 aliphatic carbocycles. The summed E-state index contributed by atoms with van der Waals surface area (Å²) in [4.78, 5) is 13.8. The number of ketones is 1. The Morgan fingerprint density at radius 1 is 1.18 bits per heavy atom. The number of phenolic OH excluding ortho intramolecular Hbond substituents is 2. The van der Waals surface area contributed by atoms with Crippen molar-refractivity contribution in [2.24, 2.45) is 0 Å². The summed E-state index contributed by atoms with van der Waals surface area (Å²) < 4.78 is 0. The van der Waals surface area contributed by atoms with Crippen LogP contribution < -0.4 is 0 Å². The van der Waals surface area contributed by atoms with Crippen LogP contribution >= 0.6 is 12.4 Å². The number of hydrogen-bond acceptors (Lipinski definition) is 4. The van der Waals surface area contributed by atoms with Crippen molar-refractivity contribution < 1.29 is 15.0 Å². The number of benzene rings is 1. The summed E-state index contributed by atoms with van der Waals surface area (Å²) in [5.41, 5.74) is 0.419. The quantitative estimate of drug-likeness (QED) is 0.628. The Morgan fingerprint density at radius 2 is 1.76 bits per heavy atom. The zero-order valence-electron chi connectivity index (χ0n) is 10.0. The van der Waals surface area contributed by atoms with Crippen LogP contribution in [0.2, 0.25) is 0 Å². The average molecular weight is 260 g/mol. The van der Waals surface area contributed by atoms with Crippen LogP contribution in [-0.2, 0) is 0 Å². The number of likely N-dealkylation sites (N-methyl/N-ethyl adjacent to an activating group) is 1. The Kier molecular flexibility index (Phi) is 6.61. The van der Waals surface area contributed by atoms with Gasteiger partial charge in [0.15, 0.2) is 17.3 Å². The van der Waals surface area contributed by atoms with E-state index in [2.05, 4.69) is 0 Å². The molecule has 0 unspecified atom stereocenters. The largest absolute Gasteiger partial charge is 0.504 e. The molecule has 1 aromatic carbocycles. The van der Waals surface area contributed by atoms with Crippen LogP contribution in [0.15, 0.2) is 18.2 Å². The molecule has 96 valence electrons. The lowest BCUT2D eigenvalue weighted by molar-refractivity contribution is 0.0937. The summed E-state index contributed by atoms with van der Waals surface area (Å²) >= 11 is 0. The first kappa shape index (κ1) is 15.7. The van der Waals surface area contributed by atoms with Crippen LogP contribution in [0.4, 0.5) is 0 Å². The number of hydrogen-bond donors (Lipinski definition) is 2. The molecule has 1 rings (SSSR count). The minimum atomic E-state index is -0.259. The molecule has 0 saturated carbocycles. The summed E-state index contributed by atoms with van der Waals surface area (Å²) in [7, 11) is 0. The Bertz CT molecular complexity index is 378. The predicted octanol–water partition coefficient (Wildman–Crippen LogP) is 2.04. The molecule has 0 bridgehead atoms. The zero-order valence-corrected chi connectivity index (χ0v) is 10.8. The van der Waals surface area contributed by atoms with Crippen LogP contribution in [0.5, 0.6) is 11.5 Å². The van der Waals surface area contributed by atoms with Crippen LogP contribution in [0, 0.1) is 0 Å². The van der Waals surface area contributed by atoms with Gasteiger partial charge < -0.3 is 10.2 Å². The highest BCUT2D eigenvalue weighted by molar-refractivity contribution is 5.98. The third kappa shape index (κ3) is 4.24. The van der Waals surface area contributed by atoms with Crippen molar-refractivity contribution in [3.8, 4) is 11.5 Å². The third-order valence-electron chi connectivity index (χ3n) is 2.56. The minimum Gasteiger partial charge on any atom is -0.504 e. The standard InChI is InChI=1S/C12H17NO3.ClH/c1-3-13(4-2)8-12(16)9-5-6-10(14)11(15)7-9;/h5-7,14-15H,3-4,8H2,1-2H3;1H. The van der Waals surface area contributed by atoms with Gasteiger partial charge in [-0.1, -0.05) is 13.8 Å². The number of nitrogens with zero attached hydrogens (tertiary/aromatic N) is 1. The Labute approximate surface area is 107 Å². The average Bonchev–Trinajstić information content (AvgIpc) is 2.29. The van der Waals surface area contributed by atoms with E-state index in [0.717, 1.165) is 13.1 Å². The minimum absolute atomic E-state index is 0. The summed E-state index contributed by atoms with van der Waals surface area (Å²) in [5.74, 6) is -0.524. The number of rotatable bonds is 5. The van der Waals surface area contributed by atoms with E-state index in [1.54, 1.807) is 0 Å². The first-order chi connectivity index (χ1) is 7.58. The number of carbonyl (C=O) groups excluding carboxylic acids is 1. The van der Waals surface area contributed by atoms with E-state index in [4.69, 9.17) is 5.11 Å². The fourth-order valence-corrected chi connectivity index (χ4v) is 1.44. The van der Waals surface area contributed by atoms with Crippen molar-refractivity contribution in [1.29, 1.82) is 0 Å². The molecule has 0 aliphatic rings. The van der Waals surface area contributed by atoms with Crippen molar-refractivity contribution in [3.05, 3.63) is 23.8 Å². The molecule has 0 saturated heterocycles. The summed E-state index contributed by atoms with van der Waals surface area (Å²) in [6.07, 6.45) is 0. The van der Waals surface area contributed by atoms with Gasteiger partial charge in [-0.3, -0.25) is 9.69 Å². The lowest BCUT2D eigenvalue weighted by atomic mass is 10.1. The topological polar surface area (TPSA) is 60.8 Å². The smallest absolute Gasteiger partial charge is 0.176 e. The van der Waals surface area contributed by atoms with Crippen LogP contribution in [0.25, 0.3) is 0 Å². The molecule has 0 radical (unpaired) electrons. The van der Waals surface area contributed by atoms with Gasteiger partial charge in [0, 0.05) is 5.56 Å².